The van der Waals surface area contributed by atoms with Crippen LogP contribution in [0.25, 0.3) is 0 Å². The van der Waals surface area contributed by atoms with Gasteiger partial charge in [-0.05, 0) is 18.6 Å². The zero-order valence-electron chi connectivity index (χ0n) is 13.2. The summed E-state index contributed by atoms with van der Waals surface area (Å²) in [6.07, 6.45) is -16.5. The van der Waals surface area contributed by atoms with Crippen LogP contribution in [0, 0.1) is 0 Å². The van der Waals surface area contributed by atoms with Gasteiger partial charge in [0.15, 0.2) is 0 Å². The van der Waals surface area contributed by atoms with Crippen molar-refractivity contribution in [2.24, 2.45) is 0 Å². The summed E-state index contributed by atoms with van der Waals surface area (Å²) in [6, 6.07) is 4.82. The quantitative estimate of drug-likeness (QED) is 0.530. The SMILES string of the molecule is CCOC(=O)c1ccccc1C(CC(F)(C(F)(F)F)C(F)(F)F)OC. The predicted molar refractivity (Wildman–Crippen MR) is 72.7 cm³/mol. The van der Waals surface area contributed by atoms with Gasteiger partial charge in [-0.2, -0.15) is 26.3 Å². The van der Waals surface area contributed by atoms with Crippen molar-refractivity contribution in [2.45, 2.75) is 37.5 Å². The summed E-state index contributed by atoms with van der Waals surface area (Å²) in [5.74, 6) is -0.969. The molecule has 0 bridgehead atoms. The number of rotatable bonds is 6. The molecule has 0 amide bonds. The van der Waals surface area contributed by atoms with E-state index < -0.39 is 36.5 Å². The first-order valence-electron chi connectivity index (χ1n) is 7.00. The summed E-state index contributed by atoms with van der Waals surface area (Å²) in [6.45, 7) is 1.40. The molecule has 0 saturated carbocycles. The third kappa shape index (κ3) is 4.42. The summed E-state index contributed by atoms with van der Waals surface area (Å²) in [5, 5.41) is 0. The van der Waals surface area contributed by atoms with Crippen LogP contribution in [0.3, 0.4) is 0 Å². The van der Waals surface area contributed by atoms with E-state index in [1.54, 1.807) is 0 Å². The molecule has 1 atom stereocenters. The number of hydrogen-bond donors (Lipinski definition) is 0. The average molecular weight is 376 g/mol. The van der Waals surface area contributed by atoms with Gasteiger partial charge in [-0.15, -0.1) is 0 Å². The van der Waals surface area contributed by atoms with E-state index in [0.29, 0.717) is 0 Å². The first kappa shape index (κ1) is 21.2. The van der Waals surface area contributed by atoms with E-state index in [-0.39, 0.29) is 17.7 Å². The molecule has 0 heterocycles. The lowest BCUT2D eigenvalue weighted by molar-refractivity contribution is -0.348. The number of esters is 1. The minimum absolute atomic E-state index is 0.0665. The van der Waals surface area contributed by atoms with Crippen LogP contribution in [0.15, 0.2) is 24.3 Å². The molecule has 0 aliphatic rings. The van der Waals surface area contributed by atoms with Gasteiger partial charge in [0, 0.05) is 13.5 Å². The Hall–Kier alpha value is -1.84. The highest BCUT2D eigenvalue weighted by Gasteiger charge is 2.72. The Morgan fingerprint density at radius 3 is 2.00 bits per heavy atom. The van der Waals surface area contributed by atoms with E-state index in [1.165, 1.54) is 19.1 Å². The molecule has 3 nitrogen and oxygen atoms in total. The van der Waals surface area contributed by atoms with Crippen molar-refractivity contribution in [3.05, 3.63) is 35.4 Å². The lowest BCUT2D eigenvalue weighted by Gasteiger charge is -2.33. The fourth-order valence-electron chi connectivity index (χ4n) is 2.14. The van der Waals surface area contributed by atoms with Crippen molar-refractivity contribution in [3.8, 4) is 0 Å². The summed E-state index contributed by atoms with van der Waals surface area (Å²) in [5.41, 5.74) is -6.13. The minimum atomic E-state index is -6.21. The Kier molecular flexibility index (Phi) is 6.44. The summed E-state index contributed by atoms with van der Waals surface area (Å²) < 4.78 is 99.8. The van der Waals surface area contributed by atoms with Crippen LogP contribution in [0.5, 0.6) is 0 Å². The maximum absolute atomic E-state index is 14.0. The number of benzene rings is 1. The molecule has 1 rings (SSSR count). The molecule has 0 aliphatic heterocycles. The molecular weight excluding hydrogens is 361 g/mol. The number of carbonyl (C=O) groups is 1. The fourth-order valence-corrected chi connectivity index (χ4v) is 2.14. The van der Waals surface area contributed by atoms with Crippen molar-refractivity contribution in [1.29, 1.82) is 0 Å². The van der Waals surface area contributed by atoms with Gasteiger partial charge in [0.1, 0.15) is 0 Å². The summed E-state index contributed by atoms with van der Waals surface area (Å²) in [4.78, 5) is 11.8. The first-order valence-corrected chi connectivity index (χ1v) is 7.00. The second-order valence-corrected chi connectivity index (χ2v) is 5.03. The van der Waals surface area contributed by atoms with Crippen molar-refractivity contribution in [2.75, 3.05) is 13.7 Å². The van der Waals surface area contributed by atoms with E-state index in [2.05, 4.69) is 4.74 Å². The second-order valence-electron chi connectivity index (χ2n) is 5.03. The maximum Gasteiger partial charge on any atom is 0.431 e. The maximum atomic E-state index is 14.0. The van der Waals surface area contributed by atoms with Crippen LogP contribution in [0.4, 0.5) is 30.7 Å². The Morgan fingerprint density at radius 2 is 1.56 bits per heavy atom. The normalized spacial score (nSPS) is 14.3. The molecule has 0 fully saturated rings. The molecule has 0 aromatic heterocycles. The van der Waals surface area contributed by atoms with Gasteiger partial charge in [-0.3, -0.25) is 0 Å². The third-order valence-electron chi connectivity index (χ3n) is 3.45. The molecule has 10 heteroatoms. The fraction of sp³-hybridized carbons (Fsp3) is 0.533. The molecule has 142 valence electrons. The van der Waals surface area contributed by atoms with Gasteiger partial charge in [0.05, 0.1) is 18.3 Å². The Bertz CT molecular complexity index is 582. The minimum Gasteiger partial charge on any atom is -0.462 e. The Labute approximate surface area is 138 Å². The number of alkyl halides is 7. The van der Waals surface area contributed by atoms with E-state index in [4.69, 9.17) is 4.74 Å². The summed E-state index contributed by atoms with van der Waals surface area (Å²) >= 11 is 0. The van der Waals surface area contributed by atoms with Gasteiger partial charge in [0.25, 0.3) is 0 Å². The van der Waals surface area contributed by atoms with E-state index in [9.17, 15) is 35.5 Å². The van der Waals surface area contributed by atoms with Gasteiger partial charge < -0.3 is 9.47 Å². The first-order chi connectivity index (χ1) is 11.4. The van der Waals surface area contributed by atoms with Gasteiger partial charge >= 0.3 is 24.0 Å². The number of carbonyl (C=O) groups excluding carboxylic acids is 1. The molecule has 0 spiro atoms. The van der Waals surface area contributed by atoms with Crippen LogP contribution in [0.1, 0.15) is 35.4 Å². The summed E-state index contributed by atoms with van der Waals surface area (Å²) in [7, 11) is 0.819. The van der Waals surface area contributed by atoms with Crippen LogP contribution in [-0.2, 0) is 9.47 Å². The molecule has 25 heavy (non-hydrogen) atoms. The number of hydrogen-bond acceptors (Lipinski definition) is 3. The third-order valence-corrected chi connectivity index (χ3v) is 3.45. The molecule has 1 unspecified atom stereocenters. The molecular formula is C15H15F7O3. The average Bonchev–Trinajstić information content (AvgIpc) is 2.50. The van der Waals surface area contributed by atoms with Gasteiger partial charge in [-0.1, -0.05) is 18.2 Å². The molecule has 0 aliphatic carbocycles. The molecule has 1 aromatic carbocycles. The van der Waals surface area contributed by atoms with Crippen molar-refractivity contribution >= 4 is 5.97 Å². The second kappa shape index (κ2) is 7.59. The highest BCUT2D eigenvalue weighted by Crippen LogP contribution is 2.51. The highest BCUT2D eigenvalue weighted by atomic mass is 19.4. The number of methoxy groups -OCH3 is 1. The van der Waals surface area contributed by atoms with Gasteiger partial charge in [-0.25, -0.2) is 9.18 Å². The Balaban J connectivity index is 3.34. The van der Waals surface area contributed by atoms with E-state index >= 15 is 0 Å². The lowest BCUT2D eigenvalue weighted by Crippen LogP contribution is -2.54. The zero-order valence-corrected chi connectivity index (χ0v) is 13.2. The smallest absolute Gasteiger partial charge is 0.431 e. The number of ether oxygens (including phenoxy) is 2. The molecule has 0 radical (unpaired) electrons. The molecule has 0 N–H and O–H groups in total. The van der Waals surface area contributed by atoms with Crippen LogP contribution in [0.2, 0.25) is 0 Å². The Morgan fingerprint density at radius 1 is 1.04 bits per heavy atom. The number of halogens is 7. The molecule has 1 aromatic rings. The van der Waals surface area contributed by atoms with Crippen LogP contribution < -0.4 is 0 Å². The van der Waals surface area contributed by atoms with Crippen LogP contribution in [-0.4, -0.2) is 37.7 Å². The topological polar surface area (TPSA) is 35.5 Å². The molecule has 0 saturated heterocycles. The van der Waals surface area contributed by atoms with Crippen molar-refractivity contribution < 1.29 is 45.0 Å². The van der Waals surface area contributed by atoms with E-state index in [1.807, 2.05) is 0 Å². The predicted octanol–water partition coefficient (Wildman–Crippen LogP) is 4.77. The zero-order chi connectivity index (χ0) is 19.5. The van der Waals surface area contributed by atoms with Crippen molar-refractivity contribution in [3.63, 3.8) is 0 Å². The van der Waals surface area contributed by atoms with Crippen LogP contribution >= 0.6 is 0 Å². The van der Waals surface area contributed by atoms with Gasteiger partial charge in [0.2, 0.25) is 0 Å². The van der Waals surface area contributed by atoms with Crippen molar-refractivity contribution in [1.82, 2.24) is 0 Å². The lowest BCUT2D eigenvalue weighted by atomic mass is 9.90. The standard InChI is InChI=1S/C15H15F7O3/c1-3-25-12(23)10-7-5-4-6-9(10)11(24-2)8-13(16,14(17,18)19)15(20,21)22/h4-7,11H,3,8H2,1-2H3. The monoisotopic (exact) mass is 376 g/mol. The van der Waals surface area contributed by atoms with E-state index in [0.717, 1.165) is 19.2 Å². The largest absolute Gasteiger partial charge is 0.462 e. The highest BCUT2D eigenvalue weighted by molar-refractivity contribution is 5.91.